The van der Waals surface area contributed by atoms with E-state index in [0.29, 0.717) is 23.3 Å². The molecular formula is C14H8F2N2O3. The van der Waals surface area contributed by atoms with Crippen molar-refractivity contribution < 1.29 is 18.4 Å². The third-order valence-electron chi connectivity index (χ3n) is 2.68. The first-order valence-electron chi connectivity index (χ1n) is 5.76. The lowest BCUT2D eigenvalue weighted by Gasteiger charge is -2.07. The molecule has 0 bridgehead atoms. The van der Waals surface area contributed by atoms with Gasteiger partial charge < -0.3 is 4.74 Å². The van der Waals surface area contributed by atoms with E-state index in [-0.39, 0.29) is 6.61 Å². The van der Waals surface area contributed by atoms with Crippen molar-refractivity contribution in [1.29, 1.82) is 5.26 Å². The van der Waals surface area contributed by atoms with E-state index in [1.165, 1.54) is 0 Å². The van der Waals surface area contributed by atoms with Gasteiger partial charge in [0.1, 0.15) is 6.61 Å². The molecule has 0 radical (unpaired) electrons. The Balaban J connectivity index is 2.14. The smallest absolute Gasteiger partial charge is 0.307 e. The summed E-state index contributed by atoms with van der Waals surface area (Å²) in [5.41, 5.74) is 0.164. The third kappa shape index (κ3) is 3.30. The van der Waals surface area contributed by atoms with E-state index in [1.54, 1.807) is 24.3 Å². The summed E-state index contributed by atoms with van der Waals surface area (Å²) in [6.07, 6.45) is 0. The van der Waals surface area contributed by atoms with Crippen LogP contribution < -0.4 is 4.74 Å². The lowest BCUT2D eigenvalue weighted by molar-refractivity contribution is -0.387. The highest BCUT2D eigenvalue weighted by atomic mass is 19.1. The number of ether oxygens (including phenoxy) is 1. The highest BCUT2D eigenvalue weighted by Gasteiger charge is 2.19. The lowest BCUT2D eigenvalue weighted by Crippen LogP contribution is -2.00. The van der Waals surface area contributed by atoms with E-state index in [2.05, 4.69) is 0 Å². The van der Waals surface area contributed by atoms with Gasteiger partial charge in [-0.1, -0.05) is 12.1 Å². The van der Waals surface area contributed by atoms with Gasteiger partial charge in [-0.15, -0.1) is 0 Å². The number of rotatable bonds is 4. The second kappa shape index (κ2) is 5.96. The molecule has 0 unspecified atom stereocenters. The molecule has 2 rings (SSSR count). The van der Waals surface area contributed by atoms with Crippen molar-refractivity contribution in [3.8, 4) is 11.8 Å². The van der Waals surface area contributed by atoms with Crippen LogP contribution in [0.15, 0.2) is 36.4 Å². The normalized spacial score (nSPS) is 9.95. The molecule has 5 nitrogen and oxygen atoms in total. The van der Waals surface area contributed by atoms with E-state index in [4.69, 9.17) is 10.00 Å². The molecular weight excluding hydrogens is 282 g/mol. The summed E-state index contributed by atoms with van der Waals surface area (Å²) >= 11 is 0. The Labute approximate surface area is 118 Å². The van der Waals surface area contributed by atoms with Gasteiger partial charge >= 0.3 is 5.69 Å². The number of hydrogen-bond donors (Lipinski definition) is 0. The summed E-state index contributed by atoms with van der Waals surface area (Å²) in [4.78, 5) is 9.45. The highest BCUT2D eigenvalue weighted by molar-refractivity contribution is 5.39. The minimum absolute atomic E-state index is 0.0557. The first kappa shape index (κ1) is 14.4. The van der Waals surface area contributed by atoms with Gasteiger partial charge in [-0.25, -0.2) is 4.39 Å². The van der Waals surface area contributed by atoms with Crippen LogP contribution in [0.2, 0.25) is 0 Å². The lowest BCUT2D eigenvalue weighted by atomic mass is 10.1. The SMILES string of the molecule is N#Cc1ccc(COc2cc(F)c([N+](=O)[O-])cc2F)cc1. The maximum absolute atomic E-state index is 13.6. The van der Waals surface area contributed by atoms with Crippen molar-refractivity contribution in [1.82, 2.24) is 0 Å². The van der Waals surface area contributed by atoms with Crippen molar-refractivity contribution in [3.63, 3.8) is 0 Å². The molecule has 106 valence electrons. The maximum atomic E-state index is 13.6. The van der Waals surface area contributed by atoms with Crippen LogP contribution in [-0.2, 0) is 6.61 Å². The molecule has 7 heteroatoms. The molecule has 0 fully saturated rings. The summed E-state index contributed by atoms with van der Waals surface area (Å²) < 4.78 is 32.0. The summed E-state index contributed by atoms with van der Waals surface area (Å²) in [5.74, 6) is -2.60. The number of halogens is 2. The fourth-order valence-corrected chi connectivity index (χ4v) is 1.61. The molecule has 0 aliphatic carbocycles. The van der Waals surface area contributed by atoms with Crippen LogP contribution in [0.1, 0.15) is 11.1 Å². The van der Waals surface area contributed by atoms with Crippen LogP contribution in [0.5, 0.6) is 5.75 Å². The summed E-state index contributed by atoms with van der Waals surface area (Å²) in [5, 5.41) is 19.1. The Morgan fingerprint density at radius 2 is 1.86 bits per heavy atom. The van der Waals surface area contributed by atoms with Gasteiger partial charge in [-0.3, -0.25) is 10.1 Å². The number of benzene rings is 2. The molecule has 0 amide bonds. The largest absolute Gasteiger partial charge is 0.486 e. The van der Waals surface area contributed by atoms with E-state index in [0.717, 1.165) is 0 Å². The third-order valence-corrected chi connectivity index (χ3v) is 2.68. The summed E-state index contributed by atoms with van der Waals surface area (Å²) in [6.45, 7) is -0.0557. The van der Waals surface area contributed by atoms with Gasteiger partial charge in [-0.2, -0.15) is 9.65 Å². The minimum atomic E-state index is -1.17. The topological polar surface area (TPSA) is 76.2 Å². The summed E-state index contributed by atoms with van der Waals surface area (Å²) in [6, 6.07) is 9.40. The van der Waals surface area contributed by atoms with Gasteiger partial charge in [0.25, 0.3) is 0 Å². The van der Waals surface area contributed by atoms with Gasteiger partial charge in [0, 0.05) is 6.07 Å². The zero-order valence-electron chi connectivity index (χ0n) is 10.5. The molecule has 0 N–H and O–H groups in total. The molecule has 0 saturated carbocycles. The average molecular weight is 290 g/mol. The van der Waals surface area contributed by atoms with Crippen molar-refractivity contribution >= 4 is 5.69 Å². The van der Waals surface area contributed by atoms with Crippen molar-refractivity contribution in [2.45, 2.75) is 6.61 Å². The second-order valence-corrected chi connectivity index (χ2v) is 4.09. The second-order valence-electron chi connectivity index (χ2n) is 4.09. The standard InChI is InChI=1S/C14H8F2N2O3/c15-11-6-14(12(16)5-13(11)18(19)20)21-8-10-3-1-9(7-17)2-4-10/h1-6H,8H2. The van der Waals surface area contributed by atoms with E-state index < -0.39 is 28.0 Å². The van der Waals surface area contributed by atoms with Crippen LogP contribution in [0.25, 0.3) is 0 Å². The Bertz CT molecular complexity index is 724. The van der Waals surface area contributed by atoms with Crippen molar-refractivity contribution in [2.75, 3.05) is 0 Å². The quantitative estimate of drug-likeness (QED) is 0.639. The van der Waals surface area contributed by atoms with Crippen LogP contribution in [-0.4, -0.2) is 4.92 Å². The fraction of sp³-hybridized carbons (Fsp3) is 0.0714. The Morgan fingerprint density at radius 3 is 2.43 bits per heavy atom. The van der Waals surface area contributed by atoms with Gasteiger partial charge in [0.15, 0.2) is 11.6 Å². The van der Waals surface area contributed by atoms with Crippen LogP contribution >= 0.6 is 0 Å². The van der Waals surface area contributed by atoms with Crippen LogP contribution in [0.3, 0.4) is 0 Å². The van der Waals surface area contributed by atoms with Gasteiger partial charge in [-0.05, 0) is 17.7 Å². The maximum Gasteiger partial charge on any atom is 0.307 e. The Morgan fingerprint density at radius 1 is 1.19 bits per heavy atom. The highest BCUT2D eigenvalue weighted by Crippen LogP contribution is 2.26. The zero-order valence-corrected chi connectivity index (χ0v) is 10.5. The number of hydrogen-bond acceptors (Lipinski definition) is 4. The molecule has 21 heavy (non-hydrogen) atoms. The Kier molecular flexibility index (Phi) is 4.09. The van der Waals surface area contributed by atoms with Crippen molar-refractivity contribution in [3.05, 3.63) is 69.3 Å². The number of nitrogens with zero attached hydrogens (tertiary/aromatic N) is 2. The molecule has 0 saturated heterocycles. The zero-order chi connectivity index (χ0) is 15.4. The van der Waals surface area contributed by atoms with Crippen LogP contribution in [0.4, 0.5) is 14.5 Å². The molecule has 0 spiro atoms. The summed E-state index contributed by atoms with van der Waals surface area (Å²) in [7, 11) is 0. The molecule has 0 aliphatic rings. The van der Waals surface area contributed by atoms with Crippen molar-refractivity contribution in [2.24, 2.45) is 0 Å². The van der Waals surface area contributed by atoms with E-state index in [9.17, 15) is 18.9 Å². The number of nitro groups is 1. The van der Waals surface area contributed by atoms with Crippen LogP contribution in [0, 0.1) is 33.1 Å². The molecule has 2 aromatic rings. The number of nitriles is 1. The minimum Gasteiger partial charge on any atom is -0.486 e. The molecule has 0 heterocycles. The number of nitro benzene ring substituents is 1. The van der Waals surface area contributed by atoms with Gasteiger partial charge in [0.05, 0.1) is 22.6 Å². The molecule has 0 atom stereocenters. The molecule has 0 aliphatic heterocycles. The molecule has 0 aromatic heterocycles. The average Bonchev–Trinajstić information content (AvgIpc) is 2.48. The predicted octanol–water partition coefficient (Wildman–Crippen LogP) is 3.32. The molecule has 2 aromatic carbocycles. The van der Waals surface area contributed by atoms with E-state index in [1.807, 2.05) is 6.07 Å². The van der Waals surface area contributed by atoms with Gasteiger partial charge in [0.2, 0.25) is 5.82 Å². The monoisotopic (exact) mass is 290 g/mol. The first-order valence-corrected chi connectivity index (χ1v) is 5.76. The van der Waals surface area contributed by atoms with E-state index >= 15 is 0 Å². The first-order chi connectivity index (χ1) is 10.0. The predicted molar refractivity (Wildman–Crippen MR) is 68.5 cm³/mol. The Hall–Kier alpha value is -3.01. The fourth-order valence-electron chi connectivity index (χ4n) is 1.61.